The Bertz CT molecular complexity index is 772. The van der Waals surface area contributed by atoms with Gasteiger partial charge in [-0.15, -0.1) is 0 Å². The molecule has 0 saturated heterocycles. The van der Waals surface area contributed by atoms with Gasteiger partial charge in [0.05, 0.1) is 0 Å². The van der Waals surface area contributed by atoms with Crippen LogP contribution in [0.5, 0.6) is 0 Å². The Balaban J connectivity index is 1.99. The van der Waals surface area contributed by atoms with Gasteiger partial charge in [0.2, 0.25) is 5.69 Å². The van der Waals surface area contributed by atoms with Gasteiger partial charge < -0.3 is 0 Å². The first-order valence-electron chi connectivity index (χ1n) is 8.62. The van der Waals surface area contributed by atoms with Gasteiger partial charge in [-0.1, -0.05) is 6.92 Å². The highest BCUT2D eigenvalue weighted by molar-refractivity contribution is 5.68. The quantitative estimate of drug-likeness (QED) is 0.689. The summed E-state index contributed by atoms with van der Waals surface area (Å²) in [6.45, 7) is 7.02. The van der Waals surface area contributed by atoms with Crippen molar-refractivity contribution >= 4 is 0 Å². The van der Waals surface area contributed by atoms with Crippen LogP contribution >= 0.6 is 0 Å². The van der Waals surface area contributed by atoms with Crippen molar-refractivity contribution in [2.45, 2.75) is 58.3 Å². The number of aryl methyl sites for hydroxylation is 3. The van der Waals surface area contributed by atoms with Crippen molar-refractivity contribution in [1.82, 2.24) is 0 Å². The number of nitrogens with zero attached hydrogens (tertiary/aromatic N) is 1. The topological polar surface area (TPSA) is 3.88 Å². The highest BCUT2D eigenvalue weighted by Gasteiger charge is 2.40. The summed E-state index contributed by atoms with van der Waals surface area (Å²) in [7, 11) is 2.16. The minimum absolute atomic E-state index is 0.459. The number of benzene rings is 1. The van der Waals surface area contributed by atoms with Crippen molar-refractivity contribution in [3.05, 3.63) is 52.2 Å². The maximum atomic E-state index is 2.51. The second-order valence-corrected chi connectivity index (χ2v) is 7.68. The molecule has 0 fully saturated rings. The lowest BCUT2D eigenvalue weighted by Gasteiger charge is -2.33. The molecule has 22 heavy (non-hydrogen) atoms. The van der Waals surface area contributed by atoms with E-state index >= 15 is 0 Å². The summed E-state index contributed by atoms with van der Waals surface area (Å²) >= 11 is 0. The van der Waals surface area contributed by atoms with E-state index in [4.69, 9.17) is 0 Å². The van der Waals surface area contributed by atoms with E-state index in [-0.39, 0.29) is 0 Å². The van der Waals surface area contributed by atoms with E-state index in [1.54, 1.807) is 16.7 Å². The van der Waals surface area contributed by atoms with Crippen LogP contribution in [0.3, 0.4) is 0 Å². The molecule has 1 heteroatoms. The first-order chi connectivity index (χ1) is 10.5. The summed E-state index contributed by atoms with van der Waals surface area (Å²) in [6, 6.07) is 7.03. The van der Waals surface area contributed by atoms with Crippen LogP contribution in [-0.4, -0.2) is 0 Å². The fourth-order valence-corrected chi connectivity index (χ4v) is 4.81. The van der Waals surface area contributed by atoms with Gasteiger partial charge in [-0.05, 0) is 85.3 Å². The molecular weight excluding hydrogens is 266 g/mol. The van der Waals surface area contributed by atoms with Gasteiger partial charge in [-0.2, -0.15) is 0 Å². The Morgan fingerprint density at radius 3 is 2.73 bits per heavy atom. The first-order valence-corrected chi connectivity index (χ1v) is 8.62. The van der Waals surface area contributed by atoms with Crippen molar-refractivity contribution in [3.8, 4) is 11.3 Å². The molecule has 0 radical (unpaired) electrons. The van der Waals surface area contributed by atoms with Gasteiger partial charge in [0.1, 0.15) is 7.05 Å². The average Bonchev–Trinajstić information content (AvgIpc) is 2.85. The van der Waals surface area contributed by atoms with Crippen LogP contribution in [0.15, 0.2) is 24.4 Å². The zero-order chi connectivity index (χ0) is 15.5. The van der Waals surface area contributed by atoms with Gasteiger partial charge in [0, 0.05) is 17.7 Å². The molecule has 2 aliphatic rings. The van der Waals surface area contributed by atoms with Gasteiger partial charge >= 0.3 is 0 Å². The predicted molar refractivity (Wildman–Crippen MR) is 91.1 cm³/mol. The van der Waals surface area contributed by atoms with Crippen LogP contribution < -0.4 is 4.57 Å². The molecule has 0 spiro atoms. The van der Waals surface area contributed by atoms with E-state index < -0.39 is 0 Å². The largest absolute Gasteiger partial charge is 0.212 e. The summed E-state index contributed by atoms with van der Waals surface area (Å²) < 4.78 is 2.27. The molecule has 0 amide bonds. The lowest BCUT2D eigenvalue weighted by atomic mass is 9.71. The van der Waals surface area contributed by atoms with Crippen LogP contribution in [0.1, 0.15) is 54.0 Å². The Hall–Kier alpha value is -1.63. The number of pyridine rings is 1. The molecule has 4 rings (SSSR count). The molecule has 1 unspecified atom stereocenters. The van der Waals surface area contributed by atoms with E-state index in [9.17, 15) is 0 Å². The zero-order valence-corrected chi connectivity index (χ0v) is 14.3. The minimum Gasteiger partial charge on any atom is -0.201 e. The van der Waals surface area contributed by atoms with Crippen molar-refractivity contribution < 1.29 is 4.57 Å². The van der Waals surface area contributed by atoms with E-state index in [0.717, 1.165) is 0 Å². The highest BCUT2D eigenvalue weighted by atomic mass is 14.9. The summed E-state index contributed by atoms with van der Waals surface area (Å²) in [5.74, 6) is 0. The first kappa shape index (κ1) is 14.0. The lowest BCUT2D eigenvalue weighted by molar-refractivity contribution is -0.660. The van der Waals surface area contributed by atoms with Crippen LogP contribution in [0.2, 0.25) is 0 Å². The lowest BCUT2D eigenvalue weighted by Crippen LogP contribution is -2.31. The fraction of sp³-hybridized carbons (Fsp3) is 0.476. The molecular formula is C21H26N+. The second kappa shape index (κ2) is 4.68. The summed E-state index contributed by atoms with van der Waals surface area (Å²) in [6.07, 6.45) is 8.80. The summed E-state index contributed by atoms with van der Waals surface area (Å²) in [5.41, 5.74) is 11.1. The van der Waals surface area contributed by atoms with E-state index in [1.807, 2.05) is 0 Å². The molecule has 0 bridgehead atoms. The third-order valence-electron chi connectivity index (χ3n) is 6.08. The van der Waals surface area contributed by atoms with E-state index in [2.05, 4.69) is 56.8 Å². The monoisotopic (exact) mass is 292 g/mol. The third-order valence-corrected chi connectivity index (χ3v) is 6.08. The molecule has 1 heterocycles. The van der Waals surface area contributed by atoms with E-state index in [1.165, 1.54) is 54.5 Å². The van der Waals surface area contributed by atoms with Crippen LogP contribution in [0.25, 0.3) is 11.3 Å². The molecule has 114 valence electrons. The van der Waals surface area contributed by atoms with Gasteiger partial charge in [0.15, 0.2) is 6.20 Å². The maximum Gasteiger partial charge on any atom is 0.212 e. The normalized spacial score (nSPS) is 22.7. The van der Waals surface area contributed by atoms with Crippen molar-refractivity contribution in [2.24, 2.45) is 7.05 Å². The number of hydrogen-bond acceptors (Lipinski definition) is 0. The zero-order valence-electron chi connectivity index (χ0n) is 14.3. The maximum absolute atomic E-state index is 2.51. The molecule has 0 aliphatic heterocycles. The van der Waals surface area contributed by atoms with E-state index in [0.29, 0.717) is 5.41 Å². The Kier molecular flexibility index (Phi) is 2.98. The van der Waals surface area contributed by atoms with Crippen LogP contribution in [0.4, 0.5) is 0 Å². The standard InChI is InChI=1S/C21H26N/c1-14-8-11-22(4)19(12-14)18-13-16-6-5-9-21(3)10-7-17(15(18)2)20(16)21/h8,11-13H,5-7,9-10H2,1-4H3/q+1. The molecule has 1 atom stereocenters. The fourth-order valence-electron chi connectivity index (χ4n) is 4.81. The smallest absolute Gasteiger partial charge is 0.201 e. The van der Waals surface area contributed by atoms with Crippen molar-refractivity contribution in [2.75, 3.05) is 0 Å². The number of aromatic nitrogens is 1. The van der Waals surface area contributed by atoms with Gasteiger partial charge in [-0.3, -0.25) is 0 Å². The third kappa shape index (κ3) is 1.87. The molecule has 1 nitrogen and oxygen atoms in total. The SMILES string of the molecule is Cc1cc[n+](C)c(-c2cc3c4c(c2C)CCC4(C)CCC3)c1. The average molecular weight is 292 g/mol. The van der Waals surface area contributed by atoms with Crippen LogP contribution in [0, 0.1) is 13.8 Å². The Morgan fingerprint density at radius 1 is 1.09 bits per heavy atom. The summed E-state index contributed by atoms with van der Waals surface area (Å²) in [5, 5.41) is 0. The molecule has 2 aromatic rings. The predicted octanol–water partition coefficient (Wildman–Crippen LogP) is 4.34. The van der Waals surface area contributed by atoms with Gasteiger partial charge in [0.25, 0.3) is 0 Å². The molecule has 0 saturated carbocycles. The molecule has 1 aromatic heterocycles. The summed E-state index contributed by atoms with van der Waals surface area (Å²) in [4.78, 5) is 0. The Labute approximate surface area is 134 Å². The number of rotatable bonds is 1. The number of hydrogen-bond donors (Lipinski definition) is 0. The van der Waals surface area contributed by atoms with Crippen molar-refractivity contribution in [3.63, 3.8) is 0 Å². The molecule has 2 aliphatic carbocycles. The van der Waals surface area contributed by atoms with Crippen molar-refractivity contribution in [1.29, 1.82) is 0 Å². The van der Waals surface area contributed by atoms with Crippen LogP contribution in [-0.2, 0) is 25.3 Å². The van der Waals surface area contributed by atoms with Gasteiger partial charge in [-0.25, -0.2) is 4.57 Å². The molecule has 0 N–H and O–H groups in total. The Morgan fingerprint density at radius 2 is 1.91 bits per heavy atom. The highest BCUT2D eigenvalue weighted by Crippen LogP contribution is 2.50. The molecule has 1 aromatic carbocycles. The minimum atomic E-state index is 0.459. The second-order valence-electron chi connectivity index (χ2n) is 7.68.